The van der Waals surface area contributed by atoms with Gasteiger partial charge < -0.3 is 4.98 Å². The van der Waals surface area contributed by atoms with Crippen LogP contribution in [0, 0.1) is 13.8 Å². The average Bonchev–Trinajstić information content (AvgIpc) is 3.03. The molecule has 2 aromatic heterocycles. The molecule has 0 atom stereocenters. The first-order valence-electron chi connectivity index (χ1n) is 7.67. The number of fused-ring (bicyclic) bond motifs is 1. The van der Waals surface area contributed by atoms with Crippen molar-refractivity contribution in [3.8, 4) is 11.5 Å². The van der Waals surface area contributed by atoms with Crippen molar-refractivity contribution >= 4 is 11.0 Å². The molecule has 0 bridgehead atoms. The Morgan fingerprint density at radius 3 is 2.57 bits per heavy atom. The van der Waals surface area contributed by atoms with E-state index in [1.165, 1.54) is 22.4 Å². The lowest BCUT2D eigenvalue weighted by Gasteiger charge is -2.00. The van der Waals surface area contributed by atoms with Crippen LogP contribution >= 0.6 is 0 Å². The molecule has 2 heterocycles. The summed E-state index contributed by atoms with van der Waals surface area (Å²) in [5, 5.41) is 7.66. The summed E-state index contributed by atoms with van der Waals surface area (Å²) in [5.41, 5.74) is 8.13. The smallest absolute Gasteiger partial charge is 0.159 e. The van der Waals surface area contributed by atoms with Gasteiger partial charge in [0.05, 0.1) is 11.0 Å². The van der Waals surface area contributed by atoms with Crippen molar-refractivity contribution in [1.29, 1.82) is 0 Å². The van der Waals surface area contributed by atoms with E-state index < -0.39 is 0 Å². The molecule has 0 aliphatic heterocycles. The van der Waals surface area contributed by atoms with Crippen molar-refractivity contribution in [2.24, 2.45) is 0 Å². The fraction of sp³-hybridized carbons (Fsp3) is 0.412. The monoisotopic (exact) mass is 282 g/mol. The topological polar surface area (TPSA) is 57.4 Å². The Bertz CT molecular complexity index is 741. The highest BCUT2D eigenvalue weighted by Crippen LogP contribution is 2.26. The molecule has 0 unspecified atom stereocenters. The number of imidazole rings is 1. The Hall–Kier alpha value is -2.10. The summed E-state index contributed by atoms with van der Waals surface area (Å²) < 4.78 is 0. The molecule has 21 heavy (non-hydrogen) atoms. The Labute approximate surface area is 125 Å². The molecular weight excluding hydrogens is 260 g/mol. The van der Waals surface area contributed by atoms with E-state index in [4.69, 9.17) is 4.98 Å². The van der Waals surface area contributed by atoms with Crippen molar-refractivity contribution in [3.05, 3.63) is 34.5 Å². The van der Waals surface area contributed by atoms with Gasteiger partial charge in [0.25, 0.3) is 0 Å². The first-order valence-corrected chi connectivity index (χ1v) is 7.67. The van der Waals surface area contributed by atoms with Crippen LogP contribution in [0.15, 0.2) is 12.1 Å². The lowest BCUT2D eigenvalue weighted by molar-refractivity contribution is 0.891. The number of benzene rings is 1. The number of hydrogen-bond donors (Lipinski definition) is 2. The van der Waals surface area contributed by atoms with Gasteiger partial charge in [-0.1, -0.05) is 20.3 Å². The van der Waals surface area contributed by atoms with Gasteiger partial charge in [-0.15, -0.1) is 0 Å². The third-order valence-electron chi connectivity index (χ3n) is 4.13. The standard InChI is InChI=1S/C17H22N4/c1-5-7-12-13(6-2)20-21-16(12)17-18-14-8-10(3)11(4)9-15(14)19-17/h8-9H,5-7H2,1-4H3,(H,18,19)(H,20,21). The Kier molecular flexibility index (Phi) is 3.53. The summed E-state index contributed by atoms with van der Waals surface area (Å²) in [6.45, 7) is 8.60. The van der Waals surface area contributed by atoms with Crippen molar-refractivity contribution in [2.45, 2.75) is 47.0 Å². The van der Waals surface area contributed by atoms with E-state index in [1.807, 2.05) is 0 Å². The number of aromatic amines is 2. The number of aryl methyl sites for hydroxylation is 3. The Morgan fingerprint density at radius 2 is 1.86 bits per heavy atom. The number of nitrogens with one attached hydrogen (secondary N) is 2. The maximum absolute atomic E-state index is 4.74. The van der Waals surface area contributed by atoms with Crippen molar-refractivity contribution in [2.75, 3.05) is 0 Å². The number of H-pyrrole nitrogens is 2. The molecule has 3 rings (SSSR count). The first kappa shape index (κ1) is 13.9. The van der Waals surface area contributed by atoms with Crippen LogP contribution in [0.2, 0.25) is 0 Å². The molecule has 4 nitrogen and oxygen atoms in total. The number of hydrogen-bond acceptors (Lipinski definition) is 2. The van der Waals surface area contributed by atoms with Gasteiger partial charge in [0, 0.05) is 11.3 Å². The molecule has 0 aliphatic carbocycles. The van der Waals surface area contributed by atoms with Gasteiger partial charge in [0.15, 0.2) is 5.82 Å². The van der Waals surface area contributed by atoms with E-state index in [-0.39, 0.29) is 0 Å². The molecule has 0 aliphatic rings. The van der Waals surface area contributed by atoms with Crippen LogP contribution in [0.4, 0.5) is 0 Å². The lowest BCUT2D eigenvalue weighted by atomic mass is 10.1. The summed E-state index contributed by atoms with van der Waals surface area (Å²) in [6, 6.07) is 4.30. The van der Waals surface area contributed by atoms with Gasteiger partial charge in [-0.3, -0.25) is 5.10 Å². The van der Waals surface area contributed by atoms with Crippen molar-refractivity contribution < 1.29 is 0 Å². The highest BCUT2D eigenvalue weighted by atomic mass is 15.1. The third-order valence-corrected chi connectivity index (χ3v) is 4.13. The number of aromatic nitrogens is 4. The highest BCUT2D eigenvalue weighted by Gasteiger charge is 2.16. The summed E-state index contributed by atoms with van der Waals surface area (Å²) >= 11 is 0. The molecule has 0 fully saturated rings. The predicted octanol–water partition coefficient (Wildman–Crippen LogP) is 4.08. The molecule has 0 saturated heterocycles. The third kappa shape index (κ3) is 2.35. The fourth-order valence-electron chi connectivity index (χ4n) is 2.79. The Balaban J connectivity index is 2.14. The van der Waals surface area contributed by atoms with Gasteiger partial charge in [0.1, 0.15) is 5.69 Å². The van der Waals surface area contributed by atoms with Gasteiger partial charge in [-0.05, 0) is 49.9 Å². The molecule has 0 radical (unpaired) electrons. The molecule has 3 aromatic rings. The molecule has 0 saturated carbocycles. The molecule has 4 heteroatoms. The maximum atomic E-state index is 4.74. The van der Waals surface area contributed by atoms with Gasteiger partial charge in [-0.2, -0.15) is 5.10 Å². The summed E-state index contributed by atoms with van der Waals surface area (Å²) in [4.78, 5) is 8.16. The SMILES string of the molecule is CCCc1c(-c2nc3cc(C)c(C)cc3[nH]2)n[nH]c1CC. The zero-order valence-corrected chi connectivity index (χ0v) is 13.2. The second kappa shape index (κ2) is 5.35. The van der Waals surface area contributed by atoms with Crippen molar-refractivity contribution in [3.63, 3.8) is 0 Å². The lowest BCUT2D eigenvalue weighted by Crippen LogP contribution is -1.92. The summed E-state index contributed by atoms with van der Waals surface area (Å²) in [6.07, 6.45) is 3.11. The number of rotatable bonds is 4. The molecule has 1 aromatic carbocycles. The van der Waals surface area contributed by atoms with E-state index in [0.29, 0.717) is 0 Å². The van der Waals surface area contributed by atoms with E-state index in [2.05, 4.69) is 55.0 Å². The van der Waals surface area contributed by atoms with Gasteiger partial charge in [-0.25, -0.2) is 4.98 Å². The number of nitrogens with zero attached hydrogens (tertiary/aromatic N) is 2. The van der Waals surface area contributed by atoms with E-state index >= 15 is 0 Å². The largest absolute Gasteiger partial charge is 0.337 e. The van der Waals surface area contributed by atoms with Crippen LogP contribution in [0.25, 0.3) is 22.6 Å². The van der Waals surface area contributed by atoms with Crippen LogP contribution in [0.5, 0.6) is 0 Å². The zero-order chi connectivity index (χ0) is 15.0. The van der Waals surface area contributed by atoms with Crippen molar-refractivity contribution in [1.82, 2.24) is 20.2 Å². The molecule has 0 spiro atoms. The minimum Gasteiger partial charge on any atom is -0.337 e. The van der Waals surface area contributed by atoms with Gasteiger partial charge in [0.2, 0.25) is 0 Å². The van der Waals surface area contributed by atoms with Gasteiger partial charge >= 0.3 is 0 Å². The Morgan fingerprint density at radius 1 is 1.10 bits per heavy atom. The first-order chi connectivity index (χ1) is 10.1. The van der Waals surface area contributed by atoms with E-state index in [9.17, 15) is 0 Å². The van der Waals surface area contributed by atoms with Crippen LogP contribution in [-0.4, -0.2) is 20.2 Å². The van der Waals surface area contributed by atoms with E-state index in [1.54, 1.807) is 0 Å². The van der Waals surface area contributed by atoms with Crippen LogP contribution in [0.1, 0.15) is 42.7 Å². The molecule has 2 N–H and O–H groups in total. The second-order valence-electron chi connectivity index (χ2n) is 5.67. The quantitative estimate of drug-likeness (QED) is 0.757. The van der Waals surface area contributed by atoms with Crippen LogP contribution < -0.4 is 0 Å². The van der Waals surface area contributed by atoms with E-state index in [0.717, 1.165) is 41.8 Å². The minimum absolute atomic E-state index is 0.870. The van der Waals surface area contributed by atoms with Crippen LogP contribution in [-0.2, 0) is 12.8 Å². The molecule has 110 valence electrons. The second-order valence-corrected chi connectivity index (χ2v) is 5.67. The van der Waals surface area contributed by atoms with Crippen LogP contribution in [0.3, 0.4) is 0 Å². The fourth-order valence-corrected chi connectivity index (χ4v) is 2.79. The predicted molar refractivity (Wildman–Crippen MR) is 86.5 cm³/mol. The molecule has 0 amide bonds. The molecular formula is C17H22N4. The average molecular weight is 282 g/mol. The zero-order valence-electron chi connectivity index (χ0n) is 13.2. The highest BCUT2D eigenvalue weighted by molar-refractivity contribution is 5.81. The maximum Gasteiger partial charge on any atom is 0.159 e. The summed E-state index contributed by atoms with van der Waals surface area (Å²) in [7, 11) is 0. The normalized spacial score (nSPS) is 11.4. The summed E-state index contributed by atoms with van der Waals surface area (Å²) in [5.74, 6) is 0.870. The minimum atomic E-state index is 0.870.